The number of thiocarbonyl (C=S) groups is 1. The van der Waals surface area contributed by atoms with Gasteiger partial charge in [-0.1, -0.05) is 23.7 Å². The number of aryl methyl sites for hydroxylation is 2. The molecule has 26 heavy (non-hydrogen) atoms. The number of para-hydroxylation sites is 1. The maximum Gasteiger partial charge on any atom is 0.264 e. The van der Waals surface area contributed by atoms with E-state index in [0.717, 1.165) is 11.1 Å². The van der Waals surface area contributed by atoms with Crippen molar-refractivity contribution in [1.29, 1.82) is 0 Å². The molecule has 0 aliphatic carbocycles. The van der Waals surface area contributed by atoms with Crippen LogP contribution >= 0.6 is 23.8 Å². The van der Waals surface area contributed by atoms with Crippen LogP contribution < -0.4 is 21.1 Å². The maximum atomic E-state index is 12.0. The Morgan fingerprint density at radius 1 is 1.19 bits per heavy atom. The molecule has 0 spiro atoms. The molecule has 2 aromatic rings. The van der Waals surface area contributed by atoms with E-state index < -0.39 is 11.8 Å². The summed E-state index contributed by atoms with van der Waals surface area (Å²) in [6.07, 6.45) is 0. The van der Waals surface area contributed by atoms with Gasteiger partial charge in [0.1, 0.15) is 5.75 Å². The summed E-state index contributed by atoms with van der Waals surface area (Å²) < 4.78 is 5.47. The molecular formula is C18H18ClN3O3S. The number of carbonyl (C=O) groups excluding carboxylic acids is 2. The summed E-state index contributed by atoms with van der Waals surface area (Å²) in [7, 11) is 0. The number of anilines is 1. The molecule has 0 radical (unpaired) electrons. The van der Waals surface area contributed by atoms with Gasteiger partial charge in [0.05, 0.1) is 11.3 Å². The first-order valence-corrected chi connectivity index (χ1v) is 8.45. The normalized spacial score (nSPS) is 10.1. The van der Waals surface area contributed by atoms with Gasteiger partial charge >= 0.3 is 0 Å². The molecule has 0 aromatic heterocycles. The van der Waals surface area contributed by atoms with Crippen molar-refractivity contribution in [3.05, 3.63) is 58.1 Å². The third kappa shape index (κ3) is 5.18. The second kappa shape index (κ2) is 8.64. The second-order valence-corrected chi connectivity index (χ2v) is 6.36. The van der Waals surface area contributed by atoms with Gasteiger partial charge in [-0.15, -0.1) is 0 Å². The van der Waals surface area contributed by atoms with Crippen LogP contribution in [0, 0.1) is 13.8 Å². The van der Waals surface area contributed by atoms with Crippen LogP contribution in [0.4, 0.5) is 5.69 Å². The first-order chi connectivity index (χ1) is 12.3. The maximum absolute atomic E-state index is 12.0. The van der Waals surface area contributed by atoms with Crippen molar-refractivity contribution < 1.29 is 14.3 Å². The van der Waals surface area contributed by atoms with Crippen molar-refractivity contribution in [2.24, 2.45) is 5.73 Å². The van der Waals surface area contributed by atoms with Gasteiger partial charge in [-0.05, 0) is 61.5 Å². The topological polar surface area (TPSA) is 93.4 Å². The van der Waals surface area contributed by atoms with Crippen LogP contribution in [0.3, 0.4) is 0 Å². The fourth-order valence-corrected chi connectivity index (χ4v) is 2.59. The number of hydrogen-bond acceptors (Lipinski definition) is 4. The largest absolute Gasteiger partial charge is 0.484 e. The molecule has 0 fully saturated rings. The van der Waals surface area contributed by atoms with Gasteiger partial charge in [0.15, 0.2) is 11.7 Å². The van der Waals surface area contributed by atoms with E-state index >= 15 is 0 Å². The van der Waals surface area contributed by atoms with Gasteiger partial charge in [-0.3, -0.25) is 14.9 Å². The Morgan fingerprint density at radius 3 is 2.42 bits per heavy atom. The van der Waals surface area contributed by atoms with E-state index in [0.29, 0.717) is 16.5 Å². The zero-order chi connectivity index (χ0) is 19.3. The first kappa shape index (κ1) is 19.7. The summed E-state index contributed by atoms with van der Waals surface area (Å²) >= 11 is 11.2. The number of carbonyl (C=O) groups is 2. The summed E-state index contributed by atoms with van der Waals surface area (Å²) in [5, 5.41) is 5.96. The zero-order valence-electron chi connectivity index (χ0n) is 14.3. The fraction of sp³-hybridized carbons (Fsp3) is 0.167. The van der Waals surface area contributed by atoms with Crippen molar-refractivity contribution >= 4 is 46.4 Å². The molecule has 0 atom stereocenters. The molecule has 0 aliphatic heterocycles. The molecule has 136 valence electrons. The van der Waals surface area contributed by atoms with E-state index in [9.17, 15) is 9.59 Å². The molecule has 8 heteroatoms. The van der Waals surface area contributed by atoms with Gasteiger partial charge in [-0.25, -0.2) is 0 Å². The molecule has 4 N–H and O–H groups in total. The summed E-state index contributed by atoms with van der Waals surface area (Å²) in [4.78, 5) is 23.4. The standard InChI is InChI=1S/C18H18ClN3O3S/c1-10-7-12(8-11(2)16(10)19)25-9-15(23)22-18(26)21-14-6-4-3-5-13(14)17(20)24/h3-8H,9H2,1-2H3,(H2,20,24)(H2,21,22,23,26). The van der Waals surface area contributed by atoms with Crippen molar-refractivity contribution in [3.8, 4) is 5.75 Å². The summed E-state index contributed by atoms with van der Waals surface area (Å²) in [5.74, 6) is -0.499. The van der Waals surface area contributed by atoms with Crippen LogP contribution in [0.15, 0.2) is 36.4 Å². The highest BCUT2D eigenvalue weighted by molar-refractivity contribution is 7.80. The van der Waals surface area contributed by atoms with Crippen LogP contribution in [0.1, 0.15) is 21.5 Å². The predicted octanol–water partition coefficient (Wildman–Crippen LogP) is 2.95. The van der Waals surface area contributed by atoms with Crippen LogP contribution in [-0.2, 0) is 4.79 Å². The summed E-state index contributed by atoms with van der Waals surface area (Å²) in [5.41, 5.74) is 7.71. The van der Waals surface area contributed by atoms with Gasteiger partial charge < -0.3 is 15.8 Å². The number of benzene rings is 2. The Balaban J connectivity index is 1.92. The van der Waals surface area contributed by atoms with Crippen molar-refractivity contribution in [2.75, 3.05) is 11.9 Å². The number of primary amides is 1. The minimum atomic E-state index is -0.598. The van der Waals surface area contributed by atoms with E-state index in [-0.39, 0.29) is 17.3 Å². The number of nitrogens with two attached hydrogens (primary N) is 1. The molecule has 0 bridgehead atoms. The average Bonchev–Trinajstić information content (AvgIpc) is 2.57. The molecule has 2 rings (SSSR count). The van der Waals surface area contributed by atoms with Gasteiger partial charge in [-0.2, -0.15) is 0 Å². The van der Waals surface area contributed by atoms with Gasteiger partial charge in [0.25, 0.3) is 11.8 Å². The predicted molar refractivity (Wildman–Crippen MR) is 106 cm³/mol. The number of halogens is 1. The Bertz CT molecular complexity index is 848. The molecule has 0 saturated heterocycles. The highest BCUT2D eigenvalue weighted by Gasteiger charge is 2.11. The number of amides is 2. The minimum absolute atomic E-state index is 0.0377. The lowest BCUT2D eigenvalue weighted by molar-refractivity contribution is -0.121. The van der Waals surface area contributed by atoms with Crippen LogP contribution in [0.25, 0.3) is 0 Å². The first-order valence-electron chi connectivity index (χ1n) is 7.67. The molecule has 0 saturated carbocycles. The highest BCUT2D eigenvalue weighted by atomic mass is 35.5. The van der Waals surface area contributed by atoms with Crippen molar-refractivity contribution in [3.63, 3.8) is 0 Å². The van der Waals surface area contributed by atoms with Crippen LogP contribution in [0.5, 0.6) is 5.75 Å². The molecule has 0 unspecified atom stereocenters. The van der Waals surface area contributed by atoms with E-state index in [2.05, 4.69) is 10.6 Å². The SMILES string of the molecule is Cc1cc(OCC(=O)NC(=S)Nc2ccccc2C(N)=O)cc(C)c1Cl. The molecule has 2 aromatic carbocycles. The monoisotopic (exact) mass is 391 g/mol. The summed E-state index contributed by atoms with van der Waals surface area (Å²) in [6, 6.07) is 10.1. The number of hydrogen-bond donors (Lipinski definition) is 3. The van der Waals surface area contributed by atoms with Gasteiger partial charge in [0.2, 0.25) is 0 Å². The Hall–Kier alpha value is -2.64. The molecule has 6 nitrogen and oxygen atoms in total. The Labute approximate surface area is 161 Å². The Kier molecular flexibility index (Phi) is 6.54. The quantitative estimate of drug-likeness (QED) is 0.681. The van der Waals surface area contributed by atoms with Crippen LogP contribution in [0.2, 0.25) is 5.02 Å². The third-order valence-electron chi connectivity index (χ3n) is 3.47. The Morgan fingerprint density at radius 2 is 1.81 bits per heavy atom. The fourth-order valence-electron chi connectivity index (χ4n) is 2.26. The average molecular weight is 392 g/mol. The second-order valence-electron chi connectivity index (χ2n) is 5.57. The summed E-state index contributed by atoms with van der Waals surface area (Å²) in [6.45, 7) is 3.49. The lowest BCUT2D eigenvalue weighted by atomic mass is 10.1. The number of ether oxygens (including phenoxy) is 1. The molecule has 0 aliphatic rings. The molecule has 2 amide bonds. The smallest absolute Gasteiger partial charge is 0.264 e. The van der Waals surface area contributed by atoms with Crippen LogP contribution in [-0.4, -0.2) is 23.5 Å². The van der Waals surface area contributed by atoms with E-state index in [1.165, 1.54) is 0 Å². The molecular weight excluding hydrogens is 374 g/mol. The van der Waals surface area contributed by atoms with Crippen molar-refractivity contribution in [1.82, 2.24) is 5.32 Å². The minimum Gasteiger partial charge on any atom is -0.484 e. The van der Waals surface area contributed by atoms with Gasteiger partial charge in [0, 0.05) is 5.02 Å². The number of rotatable bonds is 5. The highest BCUT2D eigenvalue weighted by Crippen LogP contribution is 2.25. The van der Waals surface area contributed by atoms with E-state index in [1.54, 1.807) is 36.4 Å². The van der Waals surface area contributed by atoms with Crippen molar-refractivity contribution in [2.45, 2.75) is 13.8 Å². The number of nitrogens with one attached hydrogen (secondary N) is 2. The van der Waals surface area contributed by atoms with E-state index in [4.69, 9.17) is 34.3 Å². The zero-order valence-corrected chi connectivity index (χ0v) is 15.8. The lowest BCUT2D eigenvalue weighted by Crippen LogP contribution is -2.37. The lowest BCUT2D eigenvalue weighted by Gasteiger charge is -2.13. The molecule has 0 heterocycles. The third-order valence-corrected chi connectivity index (χ3v) is 4.27. The van der Waals surface area contributed by atoms with E-state index in [1.807, 2.05) is 13.8 Å².